The molecule has 0 atom stereocenters. The molecule has 1 N–H and O–H groups in total. The lowest BCUT2D eigenvalue weighted by molar-refractivity contribution is 0.413. The third-order valence-electron chi connectivity index (χ3n) is 4.37. The van der Waals surface area contributed by atoms with Gasteiger partial charge in [-0.25, -0.2) is 15.0 Å². The number of ether oxygens (including phenoxy) is 1. The zero-order chi connectivity index (χ0) is 19.6. The van der Waals surface area contributed by atoms with Crippen molar-refractivity contribution in [1.29, 1.82) is 0 Å². The molecule has 27 heavy (non-hydrogen) atoms. The Balaban J connectivity index is 1.94. The molecule has 3 aromatic rings. The van der Waals surface area contributed by atoms with Crippen molar-refractivity contribution in [3.63, 3.8) is 0 Å². The maximum atomic E-state index is 5.58. The van der Waals surface area contributed by atoms with Gasteiger partial charge in [0.05, 0.1) is 24.8 Å². The number of aryl methyl sites for hydroxylation is 1. The van der Waals surface area contributed by atoms with Crippen LogP contribution in [0.5, 0.6) is 5.75 Å². The fourth-order valence-electron chi connectivity index (χ4n) is 2.78. The number of methoxy groups -OCH3 is 1. The van der Waals surface area contributed by atoms with Gasteiger partial charge in [0.1, 0.15) is 5.75 Å². The number of anilines is 2. The molecule has 0 saturated heterocycles. The molecule has 142 valence electrons. The number of hydrogen-bond acceptors (Lipinski definition) is 5. The van der Waals surface area contributed by atoms with E-state index in [0.717, 1.165) is 34.2 Å². The predicted octanol–water partition coefficient (Wildman–Crippen LogP) is 4.97. The Morgan fingerprint density at radius 2 is 1.67 bits per heavy atom. The van der Waals surface area contributed by atoms with E-state index in [0.29, 0.717) is 17.8 Å². The van der Waals surface area contributed by atoms with Crippen molar-refractivity contribution < 1.29 is 4.74 Å². The number of hydrogen-bond donors (Lipinski definition) is 1. The van der Waals surface area contributed by atoms with Crippen molar-refractivity contribution in [2.45, 2.75) is 46.5 Å². The summed E-state index contributed by atoms with van der Waals surface area (Å²) in [6.07, 6.45) is 3.75. The molecule has 0 radical (unpaired) electrons. The molecule has 2 heterocycles. The van der Waals surface area contributed by atoms with Crippen LogP contribution in [-0.2, 0) is 0 Å². The fraction of sp³-hybridized carbons (Fsp3) is 0.381. The molecule has 6 nitrogen and oxygen atoms in total. The SMILES string of the molecule is COc1cc(Nc2nc(C(C)C)cc(C(C)C)n2)ccc1-n1cnc(C)c1. The van der Waals surface area contributed by atoms with Crippen molar-refractivity contribution in [3.05, 3.63) is 53.9 Å². The average Bonchev–Trinajstić information content (AvgIpc) is 3.07. The number of benzene rings is 1. The molecule has 0 aliphatic carbocycles. The Kier molecular flexibility index (Phi) is 5.44. The molecule has 1 aromatic carbocycles. The molecule has 0 aliphatic rings. The Hall–Kier alpha value is -2.89. The second kappa shape index (κ2) is 7.78. The van der Waals surface area contributed by atoms with E-state index in [9.17, 15) is 0 Å². The van der Waals surface area contributed by atoms with E-state index in [1.807, 2.05) is 35.9 Å². The molecular weight excluding hydrogens is 338 g/mol. The van der Waals surface area contributed by atoms with Crippen LogP contribution in [0.25, 0.3) is 5.69 Å². The highest BCUT2D eigenvalue weighted by Crippen LogP contribution is 2.29. The molecule has 0 unspecified atom stereocenters. The predicted molar refractivity (Wildman–Crippen MR) is 108 cm³/mol. The van der Waals surface area contributed by atoms with Crippen LogP contribution in [0, 0.1) is 6.92 Å². The van der Waals surface area contributed by atoms with E-state index < -0.39 is 0 Å². The molecule has 0 amide bonds. The summed E-state index contributed by atoms with van der Waals surface area (Å²) in [5.41, 5.74) is 4.84. The molecule has 0 bridgehead atoms. The average molecular weight is 365 g/mol. The minimum atomic E-state index is 0.340. The highest BCUT2D eigenvalue weighted by Gasteiger charge is 2.12. The van der Waals surface area contributed by atoms with Gasteiger partial charge in [-0.15, -0.1) is 0 Å². The zero-order valence-corrected chi connectivity index (χ0v) is 16.8. The maximum Gasteiger partial charge on any atom is 0.227 e. The van der Waals surface area contributed by atoms with Crippen LogP contribution in [0.4, 0.5) is 11.6 Å². The van der Waals surface area contributed by atoms with E-state index >= 15 is 0 Å². The monoisotopic (exact) mass is 365 g/mol. The van der Waals surface area contributed by atoms with Crippen LogP contribution in [0.1, 0.15) is 56.6 Å². The summed E-state index contributed by atoms with van der Waals surface area (Å²) in [4.78, 5) is 13.6. The number of imidazole rings is 1. The van der Waals surface area contributed by atoms with Crippen LogP contribution in [0.3, 0.4) is 0 Å². The molecule has 0 aliphatic heterocycles. The van der Waals surface area contributed by atoms with Crippen LogP contribution in [0.15, 0.2) is 36.8 Å². The summed E-state index contributed by atoms with van der Waals surface area (Å²) >= 11 is 0. The highest BCUT2D eigenvalue weighted by molar-refractivity contribution is 5.62. The Bertz CT molecular complexity index is 904. The first-order valence-electron chi connectivity index (χ1n) is 9.22. The second-order valence-electron chi connectivity index (χ2n) is 7.28. The number of rotatable bonds is 6. The standard InChI is InChI=1S/C21H27N5O/c1-13(2)17-10-18(14(3)4)25-21(24-17)23-16-7-8-19(20(9-16)27-6)26-11-15(5)22-12-26/h7-14H,1-6H3,(H,23,24,25). The van der Waals surface area contributed by atoms with Gasteiger partial charge < -0.3 is 14.6 Å². The summed E-state index contributed by atoms with van der Waals surface area (Å²) in [6, 6.07) is 8.03. The van der Waals surface area contributed by atoms with Gasteiger partial charge in [0.2, 0.25) is 5.95 Å². The summed E-state index contributed by atoms with van der Waals surface area (Å²) in [5.74, 6) is 2.04. The van der Waals surface area contributed by atoms with Gasteiger partial charge in [-0.05, 0) is 37.0 Å². The van der Waals surface area contributed by atoms with E-state index in [2.05, 4.69) is 54.0 Å². The zero-order valence-electron chi connectivity index (χ0n) is 16.8. The normalized spacial score (nSPS) is 11.3. The lowest BCUT2D eigenvalue weighted by Crippen LogP contribution is -2.06. The number of nitrogens with one attached hydrogen (secondary N) is 1. The molecule has 6 heteroatoms. The van der Waals surface area contributed by atoms with Crippen LogP contribution < -0.4 is 10.1 Å². The molecule has 0 saturated carbocycles. The van der Waals surface area contributed by atoms with Gasteiger partial charge in [0.15, 0.2) is 0 Å². The van der Waals surface area contributed by atoms with Gasteiger partial charge in [0, 0.05) is 29.3 Å². The number of aromatic nitrogens is 4. The molecule has 3 rings (SSSR count). The topological polar surface area (TPSA) is 64.9 Å². The van der Waals surface area contributed by atoms with E-state index in [4.69, 9.17) is 4.74 Å². The van der Waals surface area contributed by atoms with Gasteiger partial charge in [0.25, 0.3) is 0 Å². The molecular formula is C21H27N5O. The first-order chi connectivity index (χ1) is 12.9. The minimum absolute atomic E-state index is 0.340. The van der Waals surface area contributed by atoms with Crippen molar-refractivity contribution in [2.24, 2.45) is 0 Å². The first-order valence-corrected chi connectivity index (χ1v) is 9.22. The van der Waals surface area contributed by atoms with Gasteiger partial charge in [-0.3, -0.25) is 0 Å². The first kappa shape index (κ1) is 18.9. The van der Waals surface area contributed by atoms with E-state index in [-0.39, 0.29) is 0 Å². The largest absolute Gasteiger partial charge is 0.494 e. The number of nitrogens with zero attached hydrogens (tertiary/aromatic N) is 4. The summed E-state index contributed by atoms with van der Waals surface area (Å²) in [6.45, 7) is 10.5. The molecule has 2 aromatic heterocycles. The van der Waals surface area contributed by atoms with Crippen LogP contribution in [0.2, 0.25) is 0 Å². The summed E-state index contributed by atoms with van der Waals surface area (Å²) in [7, 11) is 1.67. The third-order valence-corrected chi connectivity index (χ3v) is 4.37. The Labute approximate surface area is 160 Å². The van der Waals surface area contributed by atoms with Gasteiger partial charge in [-0.2, -0.15) is 0 Å². The van der Waals surface area contributed by atoms with E-state index in [1.165, 1.54) is 0 Å². The molecule has 0 spiro atoms. The van der Waals surface area contributed by atoms with Gasteiger partial charge >= 0.3 is 0 Å². The van der Waals surface area contributed by atoms with Crippen molar-refractivity contribution in [1.82, 2.24) is 19.5 Å². The Morgan fingerprint density at radius 1 is 1.00 bits per heavy atom. The van der Waals surface area contributed by atoms with Crippen LogP contribution in [-0.4, -0.2) is 26.6 Å². The van der Waals surface area contributed by atoms with Crippen molar-refractivity contribution in [2.75, 3.05) is 12.4 Å². The summed E-state index contributed by atoms with van der Waals surface area (Å²) < 4.78 is 7.53. The van der Waals surface area contributed by atoms with Crippen LogP contribution >= 0.6 is 0 Å². The smallest absolute Gasteiger partial charge is 0.227 e. The Morgan fingerprint density at radius 3 is 2.19 bits per heavy atom. The highest BCUT2D eigenvalue weighted by atomic mass is 16.5. The van der Waals surface area contributed by atoms with Gasteiger partial charge in [-0.1, -0.05) is 27.7 Å². The second-order valence-corrected chi connectivity index (χ2v) is 7.28. The third kappa shape index (κ3) is 4.27. The quantitative estimate of drug-likeness (QED) is 0.668. The lowest BCUT2D eigenvalue weighted by atomic mass is 10.1. The van der Waals surface area contributed by atoms with Crippen molar-refractivity contribution in [3.8, 4) is 11.4 Å². The van der Waals surface area contributed by atoms with E-state index in [1.54, 1.807) is 13.4 Å². The summed E-state index contributed by atoms with van der Waals surface area (Å²) in [5, 5.41) is 3.33. The minimum Gasteiger partial charge on any atom is -0.494 e. The lowest BCUT2D eigenvalue weighted by Gasteiger charge is -2.15. The van der Waals surface area contributed by atoms with Crippen molar-refractivity contribution >= 4 is 11.6 Å². The fourth-order valence-corrected chi connectivity index (χ4v) is 2.78. The maximum absolute atomic E-state index is 5.58. The molecule has 0 fully saturated rings.